The van der Waals surface area contributed by atoms with Crippen LogP contribution in [0, 0.1) is 11.8 Å². The van der Waals surface area contributed by atoms with Gasteiger partial charge in [-0.2, -0.15) is 0 Å². The normalized spacial score (nSPS) is 8.86. The van der Waals surface area contributed by atoms with Gasteiger partial charge in [0.1, 0.15) is 6.33 Å². The van der Waals surface area contributed by atoms with E-state index in [-0.39, 0.29) is 0 Å². The van der Waals surface area contributed by atoms with E-state index in [1.165, 1.54) is 6.33 Å². The van der Waals surface area contributed by atoms with E-state index in [0.29, 0.717) is 5.69 Å². The Morgan fingerprint density at radius 1 is 1.00 bits per heavy atom. The average Bonchev–Trinajstić information content (AvgIpc) is 2.29. The van der Waals surface area contributed by atoms with Gasteiger partial charge >= 0.3 is 0 Å². The van der Waals surface area contributed by atoms with Crippen LogP contribution >= 0.6 is 0 Å². The van der Waals surface area contributed by atoms with Crippen LogP contribution in [0.25, 0.3) is 0 Å². The van der Waals surface area contributed by atoms with Gasteiger partial charge in [0.25, 0.3) is 0 Å². The minimum atomic E-state index is 0.580. The molecule has 2 aromatic rings. The molecular formula is C11H7N3. The van der Waals surface area contributed by atoms with E-state index in [2.05, 4.69) is 27.0 Å². The van der Waals surface area contributed by atoms with Crippen LogP contribution in [0.15, 0.2) is 42.9 Å². The van der Waals surface area contributed by atoms with Gasteiger partial charge in [-0.05, 0) is 18.1 Å². The number of benzene rings is 1. The SMILES string of the molecule is C(#Cc1cncnn1)c1ccccc1. The number of rotatable bonds is 0. The van der Waals surface area contributed by atoms with Crippen LogP contribution in [0.2, 0.25) is 0 Å². The second-order valence-electron chi connectivity index (χ2n) is 2.61. The van der Waals surface area contributed by atoms with Crippen LogP contribution in [0.4, 0.5) is 0 Å². The molecule has 0 spiro atoms. The van der Waals surface area contributed by atoms with Gasteiger partial charge in [-0.3, -0.25) is 0 Å². The molecule has 0 bridgehead atoms. The van der Waals surface area contributed by atoms with E-state index < -0.39 is 0 Å². The largest absolute Gasteiger partial charge is 0.240 e. The van der Waals surface area contributed by atoms with Crippen molar-refractivity contribution < 1.29 is 0 Å². The van der Waals surface area contributed by atoms with Crippen LogP contribution in [0.1, 0.15) is 11.3 Å². The molecule has 3 nitrogen and oxygen atoms in total. The first kappa shape index (κ1) is 8.39. The van der Waals surface area contributed by atoms with Crippen LogP contribution in [-0.4, -0.2) is 15.2 Å². The fraction of sp³-hybridized carbons (Fsp3) is 0. The summed E-state index contributed by atoms with van der Waals surface area (Å²) in [6, 6.07) is 9.72. The lowest BCUT2D eigenvalue weighted by atomic mass is 10.2. The van der Waals surface area contributed by atoms with Gasteiger partial charge < -0.3 is 0 Å². The highest BCUT2D eigenvalue weighted by molar-refractivity contribution is 5.38. The Balaban J connectivity index is 2.24. The molecule has 0 aliphatic carbocycles. The Morgan fingerprint density at radius 2 is 1.86 bits per heavy atom. The van der Waals surface area contributed by atoms with Crippen molar-refractivity contribution in [2.75, 3.05) is 0 Å². The number of aromatic nitrogens is 3. The fourth-order valence-electron chi connectivity index (χ4n) is 0.963. The Hall–Kier alpha value is -2.21. The third-order valence-corrected chi connectivity index (χ3v) is 1.59. The van der Waals surface area contributed by atoms with Gasteiger partial charge in [0, 0.05) is 5.56 Å². The molecule has 0 unspecified atom stereocenters. The van der Waals surface area contributed by atoms with E-state index in [9.17, 15) is 0 Å². The molecule has 0 amide bonds. The van der Waals surface area contributed by atoms with E-state index in [1.54, 1.807) is 6.20 Å². The van der Waals surface area contributed by atoms with Gasteiger partial charge in [0.05, 0.1) is 6.20 Å². The standard InChI is InChI=1S/C11H7N3/c1-2-4-10(5-3-1)6-7-11-8-12-9-13-14-11/h1-5,8-9H. The van der Waals surface area contributed by atoms with Crippen molar-refractivity contribution in [3.8, 4) is 11.8 Å². The van der Waals surface area contributed by atoms with Crippen molar-refractivity contribution >= 4 is 0 Å². The van der Waals surface area contributed by atoms with Gasteiger partial charge in [-0.1, -0.05) is 24.1 Å². The fourth-order valence-corrected chi connectivity index (χ4v) is 0.963. The summed E-state index contributed by atoms with van der Waals surface area (Å²) in [6.45, 7) is 0. The maximum atomic E-state index is 3.82. The van der Waals surface area contributed by atoms with Crippen LogP contribution in [0.5, 0.6) is 0 Å². The summed E-state index contributed by atoms with van der Waals surface area (Å²) in [5.41, 5.74) is 1.54. The molecule has 0 saturated carbocycles. The summed E-state index contributed by atoms with van der Waals surface area (Å²) in [5.74, 6) is 5.84. The quantitative estimate of drug-likeness (QED) is 0.574. The predicted octanol–water partition coefficient (Wildman–Crippen LogP) is 1.27. The molecule has 0 radical (unpaired) electrons. The third kappa shape index (κ3) is 2.14. The van der Waals surface area contributed by atoms with Crippen molar-refractivity contribution in [1.29, 1.82) is 0 Å². The molecule has 14 heavy (non-hydrogen) atoms. The second kappa shape index (κ2) is 4.15. The van der Waals surface area contributed by atoms with Crippen LogP contribution in [-0.2, 0) is 0 Å². The van der Waals surface area contributed by atoms with Crippen molar-refractivity contribution in [3.63, 3.8) is 0 Å². The molecule has 0 saturated heterocycles. The first-order valence-electron chi connectivity index (χ1n) is 4.15. The zero-order valence-electron chi connectivity index (χ0n) is 7.38. The van der Waals surface area contributed by atoms with Gasteiger partial charge in [0.15, 0.2) is 5.69 Å². The summed E-state index contributed by atoms with van der Waals surface area (Å²) in [7, 11) is 0. The first-order chi connectivity index (χ1) is 6.95. The number of nitrogens with zero attached hydrogens (tertiary/aromatic N) is 3. The summed E-state index contributed by atoms with van der Waals surface area (Å²) in [5, 5.41) is 7.44. The highest BCUT2D eigenvalue weighted by Crippen LogP contribution is 1.95. The van der Waals surface area contributed by atoms with Crippen molar-refractivity contribution in [3.05, 3.63) is 54.1 Å². The van der Waals surface area contributed by atoms with E-state index in [0.717, 1.165) is 5.56 Å². The molecular weight excluding hydrogens is 174 g/mol. The highest BCUT2D eigenvalue weighted by atomic mass is 15.1. The topological polar surface area (TPSA) is 38.7 Å². The third-order valence-electron chi connectivity index (χ3n) is 1.59. The Morgan fingerprint density at radius 3 is 2.57 bits per heavy atom. The monoisotopic (exact) mass is 181 g/mol. The zero-order valence-corrected chi connectivity index (χ0v) is 7.38. The molecule has 0 fully saturated rings. The molecule has 0 atom stereocenters. The van der Waals surface area contributed by atoms with Crippen LogP contribution in [0.3, 0.4) is 0 Å². The van der Waals surface area contributed by atoms with Crippen LogP contribution < -0.4 is 0 Å². The molecule has 0 N–H and O–H groups in total. The summed E-state index contributed by atoms with van der Waals surface area (Å²) >= 11 is 0. The Bertz CT molecular complexity index is 411. The van der Waals surface area contributed by atoms with Crippen molar-refractivity contribution in [2.45, 2.75) is 0 Å². The zero-order chi connectivity index (χ0) is 9.64. The Labute approximate surface area is 81.8 Å². The summed E-state index contributed by atoms with van der Waals surface area (Å²) < 4.78 is 0. The molecule has 2 rings (SSSR count). The lowest BCUT2D eigenvalue weighted by Crippen LogP contribution is -1.87. The maximum absolute atomic E-state index is 3.82. The molecule has 0 aliphatic rings. The second-order valence-corrected chi connectivity index (χ2v) is 2.61. The first-order valence-corrected chi connectivity index (χ1v) is 4.15. The Kier molecular flexibility index (Phi) is 2.49. The van der Waals surface area contributed by atoms with Gasteiger partial charge in [0.2, 0.25) is 0 Å². The van der Waals surface area contributed by atoms with E-state index in [1.807, 2.05) is 30.3 Å². The molecule has 66 valence electrons. The summed E-state index contributed by atoms with van der Waals surface area (Å²) in [6.07, 6.45) is 2.97. The van der Waals surface area contributed by atoms with E-state index >= 15 is 0 Å². The van der Waals surface area contributed by atoms with Gasteiger partial charge in [-0.15, -0.1) is 10.2 Å². The predicted molar refractivity (Wildman–Crippen MR) is 52.2 cm³/mol. The lowest BCUT2D eigenvalue weighted by Gasteiger charge is -1.86. The maximum Gasteiger partial charge on any atom is 0.154 e. The average molecular weight is 181 g/mol. The number of hydrogen-bond acceptors (Lipinski definition) is 3. The minimum absolute atomic E-state index is 0.580. The summed E-state index contributed by atoms with van der Waals surface area (Å²) in [4.78, 5) is 3.82. The van der Waals surface area contributed by atoms with Crippen molar-refractivity contribution in [1.82, 2.24) is 15.2 Å². The number of hydrogen-bond donors (Lipinski definition) is 0. The lowest BCUT2D eigenvalue weighted by molar-refractivity contribution is 0.953. The van der Waals surface area contributed by atoms with Crippen molar-refractivity contribution in [2.24, 2.45) is 0 Å². The van der Waals surface area contributed by atoms with E-state index in [4.69, 9.17) is 0 Å². The molecule has 1 aromatic heterocycles. The van der Waals surface area contributed by atoms with Gasteiger partial charge in [-0.25, -0.2) is 4.98 Å². The molecule has 1 heterocycles. The molecule has 3 heteroatoms. The minimum Gasteiger partial charge on any atom is -0.240 e. The highest BCUT2D eigenvalue weighted by Gasteiger charge is 1.86. The smallest absolute Gasteiger partial charge is 0.154 e. The molecule has 1 aromatic carbocycles. The molecule has 0 aliphatic heterocycles.